The van der Waals surface area contributed by atoms with E-state index in [9.17, 15) is 0 Å². The Labute approximate surface area is 127 Å². The van der Waals surface area contributed by atoms with Crippen molar-refractivity contribution < 1.29 is 9.47 Å². The molecule has 0 radical (unpaired) electrons. The largest absolute Gasteiger partial charge is 0.495 e. The highest BCUT2D eigenvalue weighted by Crippen LogP contribution is 2.36. The van der Waals surface area contributed by atoms with E-state index in [1.54, 1.807) is 14.2 Å². The number of nitrogens with zero attached hydrogens (tertiary/aromatic N) is 2. The molecule has 0 spiro atoms. The molecule has 0 aliphatic heterocycles. The number of hydrogen-bond donors (Lipinski definition) is 1. The Hall–Kier alpha value is -1.69. The van der Waals surface area contributed by atoms with Gasteiger partial charge in [0.05, 0.1) is 30.6 Å². The summed E-state index contributed by atoms with van der Waals surface area (Å²) in [7, 11) is 5.21. The van der Waals surface area contributed by atoms with Gasteiger partial charge in [-0.05, 0) is 28.9 Å². The van der Waals surface area contributed by atoms with Crippen molar-refractivity contribution in [2.24, 2.45) is 7.05 Å². The normalized spacial score (nSPS) is 10.4. The summed E-state index contributed by atoms with van der Waals surface area (Å²) < 4.78 is 13.4. The lowest BCUT2D eigenvalue weighted by Gasteiger charge is -2.14. The van der Waals surface area contributed by atoms with Crippen molar-refractivity contribution in [1.82, 2.24) is 9.78 Å². The molecule has 20 heavy (non-hydrogen) atoms. The first-order valence-corrected chi connectivity index (χ1v) is 6.99. The molecule has 1 aromatic carbocycles. The van der Waals surface area contributed by atoms with Crippen molar-refractivity contribution in [1.29, 1.82) is 0 Å². The Balaban J connectivity index is 2.20. The summed E-state index contributed by atoms with van der Waals surface area (Å²) in [5.74, 6) is 1.48. The van der Waals surface area contributed by atoms with E-state index >= 15 is 0 Å². The lowest BCUT2D eigenvalue weighted by molar-refractivity contribution is 0.393. The van der Waals surface area contributed by atoms with Gasteiger partial charge in [0, 0.05) is 30.9 Å². The summed E-state index contributed by atoms with van der Waals surface area (Å²) in [6, 6.07) is 3.80. The molecule has 2 aromatic rings. The average Bonchev–Trinajstić information content (AvgIpc) is 2.76. The molecule has 5 nitrogen and oxygen atoms in total. The summed E-state index contributed by atoms with van der Waals surface area (Å²) in [4.78, 5) is 0. The summed E-state index contributed by atoms with van der Waals surface area (Å²) in [5, 5.41) is 7.60. The van der Waals surface area contributed by atoms with Crippen LogP contribution in [0.25, 0.3) is 0 Å². The van der Waals surface area contributed by atoms with Gasteiger partial charge in [-0.1, -0.05) is 0 Å². The number of rotatable bonds is 5. The SMILES string of the molecule is COc1cc(OC)c(NCc2cnn(C)c2C)cc1Br. The zero-order valence-corrected chi connectivity index (χ0v) is 13.6. The van der Waals surface area contributed by atoms with Gasteiger partial charge in [-0.25, -0.2) is 0 Å². The molecule has 0 aliphatic rings. The van der Waals surface area contributed by atoms with Crippen molar-refractivity contribution in [3.8, 4) is 11.5 Å². The van der Waals surface area contributed by atoms with E-state index in [2.05, 4.69) is 26.3 Å². The van der Waals surface area contributed by atoms with Gasteiger partial charge in [0.25, 0.3) is 0 Å². The van der Waals surface area contributed by atoms with Crippen LogP contribution in [0.2, 0.25) is 0 Å². The molecule has 0 saturated heterocycles. The van der Waals surface area contributed by atoms with E-state index in [0.29, 0.717) is 6.54 Å². The van der Waals surface area contributed by atoms with Gasteiger partial charge in [0.1, 0.15) is 11.5 Å². The first kappa shape index (κ1) is 14.7. The second kappa shape index (κ2) is 6.17. The van der Waals surface area contributed by atoms with Crippen LogP contribution in [0, 0.1) is 6.92 Å². The number of halogens is 1. The van der Waals surface area contributed by atoms with Crippen molar-refractivity contribution in [2.45, 2.75) is 13.5 Å². The zero-order chi connectivity index (χ0) is 14.7. The number of aromatic nitrogens is 2. The van der Waals surface area contributed by atoms with Crippen LogP contribution in [0.3, 0.4) is 0 Å². The van der Waals surface area contributed by atoms with Crippen molar-refractivity contribution in [3.63, 3.8) is 0 Å². The van der Waals surface area contributed by atoms with Crippen LogP contribution in [0.1, 0.15) is 11.3 Å². The number of anilines is 1. The number of methoxy groups -OCH3 is 2. The highest BCUT2D eigenvalue weighted by molar-refractivity contribution is 9.10. The van der Waals surface area contributed by atoms with Gasteiger partial charge < -0.3 is 14.8 Å². The third-order valence-electron chi connectivity index (χ3n) is 3.28. The molecule has 0 saturated carbocycles. The lowest BCUT2D eigenvalue weighted by atomic mass is 10.2. The van der Waals surface area contributed by atoms with Crippen LogP contribution in [0.15, 0.2) is 22.8 Å². The minimum atomic E-state index is 0.689. The quantitative estimate of drug-likeness (QED) is 0.909. The van der Waals surface area contributed by atoms with Crippen molar-refractivity contribution >= 4 is 21.6 Å². The summed E-state index contributed by atoms with van der Waals surface area (Å²) in [6.07, 6.45) is 1.87. The highest BCUT2D eigenvalue weighted by Gasteiger charge is 2.10. The Kier molecular flexibility index (Phi) is 4.54. The maximum atomic E-state index is 5.38. The molecule has 1 heterocycles. The first-order valence-electron chi connectivity index (χ1n) is 6.19. The minimum Gasteiger partial charge on any atom is -0.495 e. The van der Waals surface area contributed by atoms with Crippen LogP contribution in [-0.2, 0) is 13.6 Å². The smallest absolute Gasteiger partial charge is 0.145 e. The molecule has 6 heteroatoms. The highest BCUT2D eigenvalue weighted by atomic mass is 79.9. The zero-order valence-electron chi connectivity index (χ0n) is 12.0. The standard InChI is InChI=1S/C14H18BrN3O2/c1-9-10(8-17-18(9)2)7-16-12-5-11(15)13(19-3)6-14(12)20-4/h5-6,8,16H,7H2,1-4H3. The Morgan fingerprint density at radius 1 is 1.25 bits per heavy atom. The molecule has 0 amide bonds. The Bertz CT molecular complexity index is 611. The predicted molar refractivity (Wildman–Crippen MR) is 82.5 cm³/mol. The number of hydrogen-bond acceptors (Lipinski definition) is 4. The second-order valence-electron chi connectivity index (χ2n) is 4.42. The minimum absolute atomic E-state index is 0.689. The predicted octanol–water partition coefficient (Wildman–Crippen LogP) is 3.12. The molecule has 0 aliphatic carbocycles. The number of ether oxygens (including phenoxy) is 2. The molecule has 0 atom stereocenters. The third kappa shape index (κ3) is 2.90. The maximum absolute atomic E-state index is 5.38. The molecule has 108 valence electrons. The fourth-order valence-electron chi connectivity index (χ4n) is 1.91. The topological polar surface area (TPSA) is 48.3 Å². The molecule has 2 rings (SSSR count). The van der Waals surface area contributed by atoms with E-state index in [0.717, 1.165) is 32.9 Å². The molecule has 0 fully saturated rings. The molecule has 0 bridgehead atoms. The monoisotopic (exact) mass is 339 g/mol. The van der Waals surface area contributed by atoms with E-state index in [1.807, 2.05) is 37.0 Å². The third-order valence-corrected chi connectivity index (χ3v) is 3.90. The van der Waals surface area contributed by atoms with Gasteiger partial charge in [0.15, 0.2) is 0 Å². The Morgan fingerprint density at radius 3 is 2.50 bits per heavy atom. The summed E-state index contributed by atoms with van der Waals surface area (Å²) in [5.41, 5.74) is 3.20. The maximum Gasteiger partial charge on any atom is 0.145 e. The molecular weight excluding hydrogens is 322 g/mol. The van der Waals surface area contributed by atoms with Gasteiger partial charge in [-0.2, -0.15) is 5.10 Å². The fourth-order valence-corrected chi connectivity index (χ4v) is 2.41. The molecule has 1 N–H and O–H groups in total. The van der Waals surface area contributed by atoms with Gasteiger partial charge in [-0.3, -0.25) is 4.68 Å². The van der Waals surface area contributed by atoms with Gasteiger partial charge in [0.2, 0.25) is 0 Å². The number of aryl methyl sites for hydroxylation is 1. The number of benzene rings is 1. The van der Waals surface area contributed by atoms with E-state index in [1.165, 1.54) is 0 Å². The molecular formula is C14H18BrN3O2. The van der Waals surface area contributed by atoms with Crippen LogP contribution >= 0.6 is 15.9 Å². The number of nitrogens with one attached hydrogen (secondary N) is 1. The van der Waals surface area contributed by atoms with Crippen LogP contribution in [-0.4, -0.2) is 24.0 Å². The van der Waals surface area contributed by atoms with Crippen molar-refractivity contribution in [2.75, 3.05) is 19.5 Å². The molecule has 1 aromatic heterocycles. The average molecular weight is 340 g/mol. The van der Waals surface area contributed by atoms with Crippen LogP contribution in [0.5, 0.6) is 11.5 Å². The fraction of sp³-hybridized carbons (Fsp3) is 0.357. The van der Waals surface area contributed by atoms with Crippen LogP contribution in [0.4, 0.5) is 5.69 Å². The lowest BCUT2D eigenvalue weighted by Crippen LogP contribution is -2.03. The summed E-state index contributed by atoms with van der Waals surface area (Å²) in [6.45, 7) is 2.74. The van der Waals surface area contributed by atoms with E-state index < -0.39 is 0 Å². The van der Waals surface area contributed by atoms with E-state index in [-0.39, 0.29) is 0 Å². The van der Waals surface area contributed by atoms with Crippen molar-refractivity contribution in [3.05, 3.63) is 34.1 Å². The first-order chi connectivity index (χ1) is 9.56. The van der Waals surface area contributed by atoms with E-state index in [4.69, 9.17) is 9.47 Å². The van der Waals surface area contributed by atoms with Gasteiger partial charge >= 0.3 is 0 Å². The summed E-state index contributed by atoms with van der Waals surface area (Å²) >= 11 is 3.48. The molecule has 0 unspecified atom stereocenters. The Morgan fingerprint density at radius 2 is 1.95 bits per heavy atom. The van der Waals surface area contributed by atoms with Gasteiger partial charge in [-0.15, -0.1) is 0 Å². The second-order valence-corrected chi connectivity index (χ2v) is 5.27. The van der Waals surface area contributed by atoms with Crippen LogP contribution < -0.4 is 14.8 Å².